The summed E-state index contributed by atoms with van der Waals surface area (Å²) >= 11 is 3.84. The number of aromatic nitrogens is 4. The maximum absolute atomic E-state index is 13.9. The van der Waals surface area contributed by atoms with Crippen molar-refractivity contribution in [2.24, 2.45) is 0 Å². The number of nitrogens with two attached hydrogens (primary N) is 1. The van der Waals surface area contributed by atoms with Crippen LogP contribution in [0.1, 0.15) is 77.4 Å². The number of carbonyl (C=O) groups excluding carboxylic acids is 7. The number of carbonyl (C=O) groups is 12. The Labute approximate surface area is 439 Å². The van der Waals surface area contributed by atoms with E-state index < -0.39 is 158 Å². The van der Waals surface area contributed by atoms with Crippen LogP contribution in [0.3, 0.4) is 0 Å². The fourth-order valence-corrected chi connectivity index (χ4v) is 7.18. The molecule has 6 amide bonds. The molecule has 4 rings (SSSR count). The number of thiol groups is 1. The van der Waals surface area contributed by atoms with Crippen molar-refractivity contribution in [3.05, 3.63) is 87.5 Å². The number of ketones is 1. The first-order chi connectivity index (χ1) is 36.3. The van der Waals surface area contributed by atoms with Crippen molar-refractivity contribution in [1.82, 2.24) is 51.8 Å². The molecular weight excluding hydrogens is 1040 g/mol. The zero-order chi connectivity index (χ0) is 57.1. The summed E-state index contributed by atoms with van der Waals surface area (Å²) in [5, 5.41) is 63.9. The SMILES string of the molecule is CC(=O)c1ccc(C[C@H](NC(=O)[C@H](CCC(=O)O)NC(=O)[C@H](CC(=O)O)NC(=O)CC[C@H](NC(=O)c2ccc(NCc3cnc4nc(N)[nH]c(=O)c4n3)cc2)C(=O)O)C(=O)N[C@@H](CC(=O)O)C(=O)N[C@@H](CS)C(=O)O)cc1. The summed E-state index contributed by atoms with van der Waals surface area (Å²) in [5.41, 5.74) is 6.26. The highest BCUT2D eigenvalue weighted by Crippen LogP contribution is 2.14. The number of benzene rings is 2. The van der Waals surface area contributed by atoms with E-state index in [0.717, 1.165) is 0 Å². The molecule has 0 bridgehead atoms. The van der Waals surface area contributed by atoms with E-state index in [1.54, 1.807) is 0 Å². The quantitative estimate of drug-likeness (QED) is 0.0191. The lowest BCUT2D eigenvalue weighted by Gasteiger charge is -2.26. The second-order valence-electron chi connectivity index (χ2n) is 16.8. The molecule has 6 atom stereocenters. The number of aliphatic carboxylic acids is 5. The fourth-order valence-electron chi connectivity index (χ4n) is 6.93. The molecule has 2 aromatic carbocycles. The minimum Gasteiger partial charge on any atom is -0.481 e. The number of amides is 6. The van der Waals surface area contributed by atoms with Gasteiger partial charge in [-0.25, -0.2) is 19.6 Å². The molecule has 0 aliphatic heterocycles. The number of nitrogens with one attached hydrogen (secondary N) is 8. The van der Waals surface area contributed by atoms with Gasteiger partial charge in [0.2, 0.25) is 35.5 Å². The Morgan fingerprint density at radius 3 is 1.69 bits per heavy atom. The summed E-state index contributed by atoms with van der Waals surface area (Å²) in [6.45, 7) is 1.36. The first kappa shape index (κ1) is 60.0. The van der Waals surface area contributed by atoms with Gasteiger partial charge in [0.25, 0.3) is 11.5 Å². The topological polar surface area (TPSA) is 488 Å². The molecule has 410 valence electrons. The van der Waals surface area contributed by atoms with Crippen LogP contribution in [0, 0.1) is 0 Å². The second kappa shape index (κ2) is 28.2. The highest BCUT2D eigenvalue weighted by molar-refractivity contribution is 7.80. The van der Waals surface area contributed by atoms with Gasteiger partial charge < -0.3 is 68.5 Å². The van der Waals surface area contributed by atoms with Crippen LogP contribution in [0.15, 0.2) is 59.5 Å². The second-order valence-corrected chi connectivity index (χ2v) is 17.2. The average molecular weight is 1090 g/mol. The number of H-pyrrole nitrogens is 1. The lowest BCUT2D eigenvalue weighted by Crippen LogP contribution is -2.59. The molecule has 0 spiro atoms. The Hall–Kier alpha value is -9.55. The Kier molecular flexibility index (Phi) is 22.0. The largest absolute Gasteiger partial charge is 0.481 e. The molecule has 0 saturated heterocycles. The van der Waals surface area contributed by atoms with E-state index in [1.807, 2.05) is 5.32 Å². The monoisotopic (exact) mass is 1090 g/mol. The van der Waals surface area contributed by atoms with E-state index in [9.17, 15) is 87.9 Å². The van der Waals surface area contributed by atoms with Gasteiger partial charge in [-0.05, 0) is 49.6 Å². The predicted molar refractivity (Wildman–Crippen MR) is 267 cm³/mol. The maximum Gasteiger partial charge on any atom is 0.327 e. The van der Waals surface area contributed by atoms with Crippen LogP contribution in [0.2, 0.25) is 0 Å². The van der Waals surface area contributed by atoms with Gasteiger partial charge in [-0.15, -0.1) is 0 Å². The number of carboxylic acid groups (broad SMARTS) is 5. The summed E-state index contributed by atoms with van der Waals surface area (Å²) in [7, 11) is 0. The van der Waals surface area contributed by atoms with E-state index in [0.29, 0.717) is 11.4 Å². The number of aromatic amines is 1. The van der Waals surface area contributed by atoms with Crippen LogP contribution in [0.4, 0.5) is 11.6 Å². The molecule has 31 heteroatoms. The number of carboxylic acids is 5. The molecule has 0 saturated carbocycles. The molecule has 0 aliphatic rings. The number of rotatable bonds is 30. The van der Waals surface area contributed by atoms with Crippen molar-refractivity contribution in [3.8, 4) is 0 Å². The molecule has 0 unspecified atom stereocenters. The van der Waals surface area contributed by atoms with Crippen LogP contribution in [0.5, 0.6) is 0 Å². The van der Waals surface area contributed by atoms with Gasteiger partial charge in [0.1, 0.15) is 36.3 Å². The van der Waals surface area contributed by atoms with E-state index >= 15 is 0 Å². The number of anilines is 2. The lowest BCUT2D eigenvalue weighted by molar-refractivity contribution is -0.144. The molecule has 4 aromatic rings. The van der Waals surface area contributed by atoms with Crippen LogP contribution in [-0.4, -0.2) is 159 Å². The van der Waals surface area contributed by atoms with E-state index in [1.165, 1.54) is 61.7 Å². The average Bonchev–Trinajstić information content (AvgIpc) is 3.36. The molecule has 2 aromatic heterocycles. The van der Waals surface area contributed by atoms with E-state index in [4.69, 9.17) is 5.73 Å². The Morgan fingerprint density at radius 2 is 1.13 bits per heavy atom. The molecule has 15 N–H and O–H groups in total. The van der Waals surface area contributed by atoms with Gasteiger partial charge >= 0.3 is 29.8 Å². The molecule has 30 nitrogen and oxygen atoms in total. The number of Topliss-reactive ketones (excluding diaryl/α,β-unsaturated/α-hetero) is 1. The summed E-state index contributed by atoms with van der Waals surface area (Å²) in [6.07, 6.45) is -4.18. The van der Waals surface area contributed by atoms with Crippen molar-refractivity contribution in [2.75, 3.05) is 16.8 Å². The van der Waals surface area contributed by atoms with E-state index in [2.05, 4.69) is 64.5 Å². The molecule has 0 aliphatic carbocycles. The number of nitrogen functional groups attached to an aromatic ring is 1. The highest BCUT2D eigenvalue weighted by atomic mass is 32.1. The minimum absolute atomic E-state index is 0.00716. The molecule has 0 radical (unpaired) electrons. The van der Waals surface area contributed by atoms with E-state index in [-0.39, 0.29) is 46.1 Å². The zero-order valence-corrected chi connectivity index (χ0v) is 41.3. The van der Waals surface area contributed by atoms with Gasteiger partial charge in [-0.2, -0.15) is 17.6 Å². The van der Waals surface area contributed by atoms with Gasteiger partial charge in [0, 0.05) is 41.8 Å². The fraction of sp³-hybridized carbons (Fsp3) is 0.348. The third-order valence-corrected chi connectivity index (χ3v) is 11.3. The number of fused-ring (bicyclic) bond motifs is 1. The van der Waals surface area contributed by atoms with Gasteiger partial charge in [-0.3, -0.25) is 57.7 Å². The molecule has 2 heterocycles. The van der Waals surface area contributed by atoms with Crippen molar-refractivity contribution in [1.29, 1.82) is 0 Å². The summed E-state index contributed by atoms with van der Waals surface area (Å²) in [5.74, 6) is -16.0. The van der Waals surface area contributed by atoms with Crippen molar-refractivity contribution in [2.45, 2.75) is 94.7 Å². The molecular formula is C46H52N12O18S. The smallest absolute Gasteiger partial charge is 0.327 e. The normalized spacial score (nSPS) is 13.2. The third kappa shape index (κ3) is 19.0. The summed E-state index contributed by atoms with van der Waals surface area (Å²) in [6, 6.07) is 0.191. The maximum atomic E-state index is 13.9. The van der Waals surface area contributed by atoms with Gasteiger partial charge in [-0.1, -0.05) is 24.3 Å². The molecule has 77 heavy (non-hydrogen) atoms. The standard InChI is InChI=1S/C46H52N12O18S/c1-20(59)22-4-2-21(3-5-22)14-28(40(69)55-30(16-35(65)66)42(71)56-31(19-77)45(75)76)54-39(68)26(11-13-33(61)62)52-41(70)29(15-34(63)64)51-32(60)12-10-27(44(73)74)53-38(67)23-6-8-24(9-7-23)48-17-25-18-49-37-36(50-25)43(72)58-46(47)57-37/h2-9,18,26-31,48,77H,10-17,19H2,1H3,(H,51,60)(H,52,70)(H,53,67)(H,54,68)(H,55,69)(H,56,71)(H,61,62)(H,63,64)(H,65,66)(H,73,74)(H,75,76)(H3,47,49,57,58,72)/t26-,27-,28-,29-,30-,31-/m0/s1. The number of hydrogen-bond acceptors (Lipinski definition) is 19. The van der Waals surface area contributed by atoms with Crippen molar-refractivity contribution >= 4 is 107 Å². The first-order valence-electron chi connectivity index (χ1n) is 22.8. The predicted octanol–water partition coefficient (Wildman–Crippen LogP) is -2.43. The highest BCUT2D eigenvalue weighted by Gasteiger charge is 2.34. The number of hydrogen-bond donors (Lipinski definition) is 15. The minimum atomic E-state index is -2.00. The van der Waals surface area contributed by atoms with Crippen LogP contribution >= 0.6 is 12.6 Å². The Balaban J connectivity index is 1.45. The number of nitrogens with zero attached hydrogens (tertiary/aromatic N) is 3. The van der Waals surface area contributed by atoms with Crippen LogP contribution < -0.4 is 48.5 Å². The van der Waals surface area contributed by atoms with Crippen molar-refractivity contribution in [3.63, 3.8) is 0 Å². The Bertz CT molecular complexity index is 2980. The van der Waals surface area contributed by atoms with Gasteiger partial charge in [0.15, 0.2) is 16.9 Å². The third-order valence-electron chi connectivity index (χ3n) is 10.9. The van der Waals surface area contributed by atoms with Gasteiger partial charge in [0.05, 0.1) is 31.3 Å². The lowest BCUT2D eigenvalue weighted by atomic mass is 10.0. The first-order valence-corrected chi connectivity index (χ1v) is 23.5. The summed E-state index contributed by atoms with van der Waals surface area (Å²) in [4.78, 5) is 178. The van der Waals surface area contributed by atoms with Crippen molar-refractivity contribution < 1.29 is 83.1 Å². The summed E-state index contributed by atoms with van der Waals surface area (Å²) < 4.78 is 0. The van der Waals surface area contributed by atoms with Crippen LogP contribution in [-0.2, 0) is 60.9 Å². The van der Waals surface area contributed by atoms with Crippen LogP contribution in [0.25, 0.3) is 11.2 Å². The Morgan fingerprint density at radius 1 is 0.610 bits per heavy atom. The molecule has 0 fully saturated rings. The zero-order valence-electron chi connectivity index (χ0n) is 40.4.